The number of nitrogens with zero attached hydrogens (tertiary/aromatic N) is 1. The van der Waals surface area contributed by atoms with Crippen molar-refractivity contribution in [2.45, 2.75) is 25.6 Å². The normalized spacial score (nSPS) is 11.6. The number of halogens is 3. The van der Waals surface area contributed by atoms with Gasteiger partial charge in [0.2, 0.25) is 0 Å². The maximum Gasteiger partial charge on any atom is 0.431 e. The zero-order valence-electron chi connectivity index (χ0n) is 11.2. The van der Waals surface area contributed by atoms with Crippen LogP contribution >= 0.6 is 0 Å². The summed E-state index contributed by atoms with van der Waals surface area (Å²) in [5.41, 5.74) is 5.63. The number of pyridine rings is 1. The molecule has 0 saturated heterocycles. The summed E-state index contributed by atoms with van der Waals surface area (Å²) in [6, 6.07) is 10.3. The zero-order valence-corrected chi connectivity index (χ0v) is 11.2. The summed E-state index contributed by atoms with van der Waals surface area (Å²) in [6.45, 7) is 0.0267. The SMILES string of the molecule is Nc1ccc(CCCn2c(C(F)(F)F)cccc2=O)cc1. The molecule has 0 aliphatic heterocycles. The summed E-state index contributed by atoms with van der Waals surface area (Å²) < 4.78 is 39.3. The van der Waals surface area contributed by atoms with E-state index in [1.54, 1.807) is 12.1 Å². The minimum atomic E-state index is -4.53. The van der Waals surface area contributed by atoms with Crippen LogP contribution in [0.1, 0.15) is 17.7 Å². The van der Waals surface area contributed by atoms with Gasteiger partial charge < -0.3 is 10.3 Å². The number of hydrogen-bond acceptors (Lipinski definition) is 2. The van der Waals surface area contributed by atoms with E-state index < -0.39 is 17.4 Å². The van der Waals surface area contributed by atoms with Crippen molar-refractivity contribution in [3.63, 3.8) is 0 Å². The molecular formula is C15H15F3N2O. The number of aromatic nitrogens is 1. The lowest BCUT2D eigenvalue weighted by molar-refractivity contribution is -0.144. The molecular weight excluding hydrogens is 281 g/mol. The summed E-state index contributed by atoms with van der Waals surface area (Å²) in [6.07, 6.45) is -3.50. The van der Waals surface area contributed by atoms with E-state index in [0.717, 1.165) is 28.3 Å². The summed E-state index contributed by atoms with van der Waals surface area (Å²) in [5, 5.41) is 0. The molecule has 0 fully saturated rings. The van der Waals surface area contributed by atoms with E-state index in [1.807, 2.05) is 12.1 Å². The van der Waals surface area contributed by atoms with Gasteiger partial charge in [-0.3, -0.25) is 4.79 Å². The van der Waals surface area contributed by atoms with E-state index in [4.69, 9.17) is 5.73 Å². The van der Waals surface area contributed by atoms with Gasteiger partial charge in [-0.2, -0.15) is 13.2 Å². The summed E-state index contributed by atoms with van der Waals surface area (Å²) >= 11 is 0. The van der Waals surface area contributed by atoms with Crippen LogP contribution in [0.5, 0.6) is 0 Å². The van der Waals surface area contributed by atoms with E-state index in [1.165, 1.54) is 0 Å². The highest BCUT2D eigenvalue weighted by Gasteiger charge is 2.33. The van der Waals surface area contributed by atoms with E-state index >= 15 is 0 Å². The standard InChI is InChI=1S/C15H15F3N2O/c16-15(17,18)13-4-1-5-14(21)20(13)10-2-3-11-6-8-12(19)9-7-11/h1,4-9H,2-3,10,19H2. The van der Waals surface area contributed by atoms with Crippen LogP contribution in [0.25, 0.3) is 0 Å². The van der Waals surface area contributed by atoms with Crippen molar-refractivity contribution in [1.29, 1.82) is 0 Å². The fraction of sp³-hybridized carbons (Fsp3) is 0.267. The molecule has 6 heteroatoms. The third-order valence-corrected chi connectivity index (χ3v) is 3.17. The van der Waals surface area contributed by atoms with Crippen LogP contribution in [0.4, 0.5) is 18.9 Å². The minimum absolute atomic E-state index is 0.0267. The van der Waals surface area contributed by atoms with Crippen molar-refractivity contribution in [2.24, 2.45) is 0 Å². The lowest BCUT2D eigenvalue weighted by Crippen LogP contribution is -2.27. The average molecular weight is 296 g/mol. The Balaban J connectivity index is 2.10. The largest absolute Gasteiger partial charge is 0.431 e. The Morgan fingerprint density at radius 3 is 2.33 bits per heavy atom. The molecule has 0 radical (unpaired) electrons. The third kappa shape index (κ3) is 3.87. The van der Waals surface area contributed by atoms with Gasteiger partial charge in [0.15, 0.2) is 0 Å². The van der Waals surface area contributed by atoms with Gasteiger partial charge in [-0.1, -0.05) is 18.2 Å². The molecule has 2 N–H and O–H groups in total. The third-order valence-electron chi connectivity index (χ3n) is 3.17. The predicted molar refractivity (Wildman–Crippen MR) is 74.9 cm³/mol. The van der Waals surface area contributed by atoms with Crippen LogP contribution in [0.2, 0.25) is 0 Å². The van der Waals surface area contributed by atoms with E-state index in [2.05, 4.69) is 0 Å². The van der Waals surface area contributed by atoms with Gasteiger partial charge in [0.25, 0.3) is 5.56 Å². The van der Waals surface area contributed by atoms with Crippen molar-refractivity contribution in [2.75, 3.05) is 5.73 Å². The highest BCUT2D eigenvalue weighted by molar-refractivity contribution is 5.39. The summed E-state index contributed by atoms with van der Waals surface area (Å²) in [4.78, 5) is 11.6. The number of anilines is 1. The molecule has 1 aromatic carbocycles. The summed E-state index contributed by atoms with van der Waals surface area (Å²) in [5.74, 6) is 0. The van der Waals surface area contributed by atoms with Gasteiger partial charge >= 0.3 is 6.18 Å². The number of nitrogen functional groups attached to an aromatic ring is 1. The number of rotatable bonds is 4. The monoisotopic (exact) mass is 296 g/mol. The van der Waals surface area contributed by atoms with E-state index in [-0.39, 0.29) is 6.54 Å². The van der Waals surface area contributed by atoms with Gasteiger partial charge in [-0.05, 0) is 36.6 Å². The maximum absolute atomic E-state index is 12.8. The van der Waals surface area contributed by atoms with Crippen molar-refractivity contribution in [3.8, 4) is 0 Å². The second-order valence-corrected chi connectivity index (χ2v) is 4.74. The molecule has 0 amide bonds. The molecule has 2 aromatic rings. The molecule has 0 saturated carbocycles. The predicted octanol–water partition coefficient (Wildman–Crippen LogP) is 3.08. The lowest BCUT2D eigenvalue weighted by atomic mass is 10.1. The smallest absolute Gasteiger partial charge is 0.399 e. The number of aryl methyl sites for hydroxylation is 1. The Labute approximate surface area is 119 Å². The van der Waals surface area contributed by atoms with Gasteiger partial charge in [0.1, 0.15) is 5.69 Å². The number of benzene rings is 1. The van der Waals surface area contributed by atoms with Crippen LogP contribution in [-0.2, 0) is 19.1 Å². The molecule has 0 spiro atoms. The maximum atomic E-state index is 12.8. The Hall–Kier alpha value is -2.24. The van der Waals surface area contributed by atoms with Crippen molar-refractivity contribution >= 4 is 5.69 Å². The van der Waals surface area contributed by atoms with Gasteiger partial charge in [-0.25, -0.2) is 0 Å². The van der Waals surface area contributed by atoms with Crippen LogP contribution in [0.3, 0.4) is 0 Å². The molecule has 0 atom stereocenters. The van der Waals surface area contributed by atoms with Crippen LogP contribution in [0, 0.1) is 0 Å². The van der Waals surface area contributed by atoms with Gasteiger partial charge in [0, 0.05) is 18.3 Å². The van der Waals surface area contributed by atoms with Crippen LogP contribution < -0.4 is 11.3 Å². The highest BCUT2D eigenvalue weighted by atomic mass is 19.4. The molecule has 21 heavy (non-hydrogen) atoms. The first-order valence-electron chi connectivity index (χ1n) is 6.49. The Bertz CT molecular complexity index is 660. The van der Waals surface area contributed by atoms with Crippen molar-refractivity contribution in [3.05, 3.63) is 64.1 Å². The fourth-order valence-corrected chi connectivity index (χ4v) is 2.12. The molecule has 3 nitrogen and oxygen atoms in total. The average Bonchev–Trinajstić information content (AvgIpc) is 2.41. The number of hydrogen-bond donors (Lipinski definition) is 1. The first kappa shape index (κ1) is 15.2. The summed E-state index contributed by atoms with van der Waals surface area (Å²) in [7, 11) is 0. The molecule has 0 bridgehead atoms. The van der Waals surface area contributed by atoms with Gasteiger partial charge in [0.05, 0.1) is 0 Å². The molecule has 0 unspecified atom stereocenters. The first-order chi connectivity index (χ1) is 9.88. The van der Waals surface area contributed by atoms with Gasteiger partial charge in [-0.15, -0.1) is 0 Å². The first-order valence-corrected chi connectivity index (χ1v) is 6.49. The Morgan fingerprint density at radius 2 is 1.71 bits per heavy atom. The minimum Gasteiger partial charge on any atom is -0.399 e. The number of alkyl halides is 3. The van der Waals surface area contributed by atoms with E-state index in [9.17, 15) is 18.0 Å². The molecule has 2 rings (SSSR count). The molecule has 1 aromatic heterocycles. The molecule has 1 heterocycles. The highest BCUT2D eigenvalue weighted by Crippen LogP contribution is 2.28. The topological polar surface area (TPSA) is 48.0 Å². The molecule has 0 aliphatic rings. The Kier molecular flexibility index (Phi) is 4.35. The van der Waals surface area contributed by atoms with Crippen molar-refractivity contribution < 1.29 is 13.2 Å². The van der Waals surface area contributed by atoms with Crippen molar-refractivity contribution in [1.82, 2.24) is 4.57 Å². The van der Waals surface area contributed by atoms with E-state index in [0.29, 0.717) is 18.5 Å². The quantitative estimate of drug-likeness (QED) is 0.881. The number of nitrogens with two attached hydrogens (primary N) is 1. The molecule has 112 valence electrons. The van der Waals surface area contributed by atoms with Crippen LogP contribution in [0.15, 0.2) is 47.3 Å². The molecule has 0 aliphatic carbocycles. The zero-order chi connectivity index (χ0) is 15.5. The fourth-order valence-electron chi connectivity index (χ4n) is 2.12. The second kappa shape index (κ2) is 6.03. The Morgan fingerprint density at radius 1 is 1.05 bits per heavy atom. The van der Waals surface area contributed by atoms with Crippen LogP contribution in [-0.4, -0.2) is 4.57 Å². The lowest BCUT2D eigenvalue weighted by Gasteiger charge is -2.14. The second-order valence-electron chi connectivity index (χ2n) is 4.74.